The van der Waals surface area contributed by atoms with Crippen molar-refractivity contribution in [3.8, 4) is 0 Å². The summed E-state index contributed by atoms with van der Waals surface area (Å²) in [5, 5.41) is 9.18. The first-order valence-electron chi connectivity index (χ1n) is 4.19. The lowest BCUT2D eigenvalue weighted by Crippen LogP contribution is -2.36. The summed E-state index contributed by atoms with van der Waals surface area (Å²) in [5.74, 6) is -1.36. The van der Waals surface area contributed by atoms with E-state index in [-0.39, 0.29) is 0 Å². The van der Waals surface area contributed by atoms with Gasteiger partial charge >= 0.3 is 6.09 Å². The Balaban J connectivity index is 2.37. The van der Waals surface area contributed by atoms with Gasteiger partial charge in [0.1, 0.15) is 0 Å². The fraction of sp³-hybridized carbons (Fsp3) is 0.875. The van der Waals surface area contributed by atoms with E-state index < -0.39 is 11.9 Å². The molecule has 0 aromatic carbocycles. The molecule has 70 valence electrons. The van der Waals surface area contributed by atoms with Crippen LogP contribution in [0.15, 0.2) is 0 Å². The highest BCUT2D eigenvalue weighted by molar-refractivity contribution is 5.68. The number of amides is 1. The SMILES string of the molecule is CC(C)(O)OC(=O)N1CCCC1. The van der Waals surface area contributed by atoms with E-state index in [9.17, 15) is 9.90 Å². The first-order chi connectivity index (χ1) is 5.49. The van der Waals surface area contributed by atoms with Crippen molar-refractivity contribution >= 4 is 6.09 Å². The van der Waals surface area contributed by atoms with E-state index in [0.717, 1.165) is 25.9 Å². The molecule has 0 saturated carbocycles. The Labute approximate surface area is 72.1 Å². The summed E-state index contributed by atoms with van der Waals surface area (Å²) in [7, 11) is 0. The largest absolute Gasteiger partial charge is 0.418 e. The van der Waals surface area contributed by atoms with Crippen LogP contribution in [0.1, 0.15) is 26.7 Å². The van der Waals surface area contributed by atoms with E-state index in [2.05, 4.69) is 0 Å². The van der Waals surface area contributed by atoms with Crippen molar-refractivity contribution in [2.45, 2.75) is 32.5 Å². The van der Waals surface area contributed by atoms with Crippen LogP contribution in [0.25, 0.3) is 0 Å². The molecule has 1 saturated heterocycles. The van der Waals surface area contributed by atoms with Crippen molar-refractivity contribution in [2.75, 3.05) is 13.1 Å². The summed E-state index contributed by atoms with van der Waals surface area (Å²) in [5.41, 5.74) is 0. The van der Waals surface area contributed by atoms with Gasteiger partial charge in [0.15, 0.2) is 0 Å². The second kappa shape index (κ2) is 3.31. The molecule has 1 aliphatic heterocycles. The van der Waals surface area contributed by atoms with Crippen LogP contribution < -0.4 is 0 Å². The molecule has 0 radical (unpaired) electrons. The predicted octanol–water partition coefficient (Wildman–Crippen LogP) is 0.947. The highest BCUT2D eigenvalue weighted by Crippen LogP contribution is 2.12. The Morgan fingerprint density at radius 2 is 1.92 bits per heavy atom. The third-order valence-corrected chi connectivity index (χ3v) is 1.70. The number of likely N-dealkylation sites (tertiary alicyclic amines) is 1. The number of rotatable bonds is 1. The van der Waals surface area contributed by atoms with Gasteiger partial charge in [-0.2, -0.15) is 0 Å². The van der Waals surface area contributed by atoms with E-state index in [0.29, 0.717) is 0 Å². The first-order valence-corrected chi connectivity index (χ1v) is 4.19. The lowest BCUT2D eigenvalue weighted by Gasteiger charge is -2.22. The highest BCUT2D eigenvalue weighted by atomic mass is 16.7. The molecule has 4 nitrogen and oxygen atoms in total. The smallest absolute Gasteiger partial charge is 0.412 e. The van der Waals surface area contributed by atoms with Crippen molar-refractivity contribution in [1.29, 1.82) is 0 Å². The fourth-order valence-corrected chi connectivity index (χ4v) is 1.18. The van der Waals surface area contributed by atoms with Crippen LogP contribution in [-0.4, -0.2) is 35.0 Å². The third kappa shape index (κ3) is 2.70. The van der Waals surface area contributed by atoms with Gasteiger partial charge in [0.05, 0.1) is 0 Å². The average Bonchev–Trinajstić information content (AvgIpc) is 2.32. The third-order valence-electron chi connectivity index (χ3n) is 1.70. The zero-order chi connectivity index (χ0) is 9.19. The van der Waals surface area contributed by atoms with Gasteiger partial charge in [0.2, 0.25) is 5.79 Å². The first kappa shape index (κ1) is 9.32. The minimum atomic E-state index is -1.36. The molecule has 0 atom stereocenters. The van der Waals surface area contributed by atoms with Crippen molar-refractivity contribution < 1.29 is 14.6 Å². The molecule has 1 amide bonds. The van der Waals surface area contributed by atoms with Crippen molar-refractivity contribution in [1.82, 2.24) is 4.90 Å². The van der Waals surface area contributed by atoms with Crippen LogP contribution in [0.4, 0.5) is 4.79 Å². The number of nitrogens with zero attached hydrogens (tertiary/aromatic N) is 1. The van der Waals surface area contributed by atoms with Crippen molar-refractivity contribution in [2.24, 2.45) is 0 Å². The van der Waals surface area contributed by atoms with Gasteiger partial charge in [0, 0.05) is 26.9 Å². The van der Waals surface area contributed by atoms with E-state index in [1.165, 1.54) is 13.8 Å². The minimum absolute atomic E-state index is 0.417. The Morgan fingerprint density at radius 1 is 1.42 bits per heavy atom. The highest BCUT2D eigenvalue weighted by Gasteiger charge is 2.25. The average molecular weight is 173 g/mol. The second-order valence-electron chi connectivity index (χ2n) is 3.51. The standard InChI is InChI=1S/C8H15NO3/c1-8(2,11)12-7(10)9-5-3-4-6-9/h11H,3-6H2,1-2H3. The lowest BCUT2D eigenvalue weighted by molar-refractivity contribution is -0.138. The Kier molecular flexibility index (Phi) is 2.57. The normalized spacial score (nSPS) is 18.1. The summed E-state index contributed by atoms with van der Waals surface area (Å²) in [6.45, 7) is 4.38. The van der Waals surface area contributed by atoms with Crippen molar-refractivity contribution in [3.05, 3.63) is 0 Å². The summed E-state index contributed by atoms with van der Waals surface area (Å²) < 4.78 is 4.76. The fourth-order valence-electron chi connectivity index (χ4n) is 1.18. The Hall–Kier alpha value is -0.770. The molecule has 0 aliphatic carbocycles. The Morgan fingerprint density at radius 3 is 2.33 bits per heavy atom. The molecule has 1 heterocycles. The van der Waals surface area contributed by atoms with Gasteiger partial charge in [0.25, 0.3) is 0 Å². The van der Waals surface area contributed by atoms with E-state index in [4.69, 9.17) is 4.74 Å². The van der Waals surface area contributed by atoms with Gasteiger partial charge in [-0.3, -0.25) is 0 Å². The Bertz CT molecular complexity index is 168. The van der Waals surface area contributed by atoms with Crippen LogP contribution in [0.5, 0.6) is 0 Å². The van der Waals surface area contributed by atoms with Gasteiger partial charge in [-0.1, -0.05) is 0 Å². The summed E-state index contributed by atoms with van der Waals surface area (Å²) in [4.78, 5) is 12.8. The number of carbonyl (C=O) groups is 1. The van der Waals surface area contributed by atoms with Crippen LogP contribution in [0.2, 0.25) is 0 Å². The van der Waals surface area contributed by atoms with Gasteiger partial charge < -0.3 is 14.7 Å². The number of hydrogen-bond acceptors (Lipinski definition) is 3. The summed E-state index contributed by atoms with van der Waals surface area (Å²) >= 11 is 0. The maximum absolute atomic E-state index is 11.2. The number of aliphatic hydroxyl groups is 1. The van der Waals surface area contributed by atoms with Crippen LogP contribution in [-0.2, 0) is 4.74 Å². The maximum atomic E-state index is 11.2. The van der Waals surface area contributed by atoms with Crippen LogP contribution >= 0.6 is 0 Å². The molecule has 0 aromatic heterocycles. The zero-order valence-corrected chi connectivity index (χ0v) is 7.54. The molecule has 0 spiro atoms. The summed E-state index contributed by atoms with van der Waals surface area (Å²) in [6, 6.07) is 0. The summed E-state index contributed by atoms with van der Waals surface area (Å²) in [6.07, 6.45) is 1.64. The molecular formula is C8H15NO3. The molecule has 4 heteroatoms. The van der Waals surface area contributed by atoms with Gasteiger partial charge in [-0.05, 0) is 12.8 Å². The minimum Gasteiger partial charge on any atom is -0.418 e. The molecule has 1 aliphatic rings. The zero-order valence-electron chi connectivity index (χ0n) is 7.54. The number of carbonyl (C=O) groups excluding carboxylic acids is 1. The number of hydrogen-bond donors (Lipinski definition) is 1. The molecule has 0 bridgehead atoms. The number of ether oxygens (including phenoxy) is 1. The molecular weight excluding hydrogens is 158 g/mol. The molecule has 0 aromatic rings. The van der Waals surface area contributed by atoms with Crippen LogP contribution in [0.3, 0.4) is 0 Å². The molecule has 12 heavy (non-hydrogen) atoms. The van der Waals surface area contributed by atoms with E-state index in [1.54, 1.807) is 4.90 Å². The van der Waals surface area contributed by atoms with E-state index >= 15 is 0 Å². The topological polar surface area (TPSA) is 49.8 Å². The van der Waals surface area contributed by atoms with Gasteiger partial charge in [-0.15, -0.1) is 0 Å². The van der Waals surface area contributed by atoms with Crippen LogP contribution in [0, 0.1) is 0 Å². The van der Waals surface area contributed by atoms with E-state index in [1.807, 2.05) is 0 Å². The monoisotopic (exact) mass is 173 g/mol. The molecule has 1 fully saturated rings. The molecule has 1 N–H and O–H groups in total. The van der Waals surface area contributed by atoms with Gasteiger partial charge in [-0.25, -0.2) is 4.79 Å². The molecule has 1 rings (SSSR count). The predicted molar refractivity (Wildman–Crippen MR) is 43.6 cm³/mol. The second-order valence-corrected chi connectivity index (χ2v) is 3.51. The maximum Gasteiger partial charge on any atom is 0.412 e. The quantitative estimate of drug-likeness (QED) is 0.600. The van der Waals surface area contributed by atoms with Crippen molar-refractivity contribution in [3.63, 3.8) is 0 Å². The lowest BCUT2D eigenvalue weighted by atomic mass is 10.4. The molecule has 0 unspecified atom stereocenters.